The average Bonchev–Trinajstić information content (AvgIpc) is 1.90. The van der Waals surface area contributed by atoms with Crippen LogP contribution >= 0.6 is 8.25 Å². The molecule has 0 unspecified atom stereocenters. The van der Waals surface area contributed by atoms with Crippen molar-refractivity contribution in [3.8, 4) is 0 Å². The molecule has 0 saturated heterocycles. The van der Waals surface area contributed by atoms with Gasteiger partial charge in [-0.1, -0.05) is 4.57 Å². The van der Waals surface area contributed by atoms with E-state index in [9.17, 15) is 0 Å². The summed E-state index contributed by atoms with van der Waals surface area (Å²) < 4.78 is 8.48. The predicted octanol–water partition coefficient (Wildman–Crippen LogP) is -0.151. The van der Waals surface area contributed by atoms with E-state index in [1.165, 1.54) is 0 Å². The zero-order valence-corrected chi connectivity index (χ0v) is 9.63. The number of hydrogen-bond acceptors (Lipinski definition) is 3. The van der Waals surface area contributed by atoms with Crippen LogP contribution < -0.4 is 9.79 Å². The van der Waals surface area contributed by atoms with Gasteiger partial charge in [-0.25, -0.2) is 0 Å². The van der Waals surface area contributed by atoms with E-state index in [1.807, 2.05) is 30.3 Å². The quantitative estimate of drug-likeness (QED) is 0.348. The molecule has 5 heteroatoms. The van der Waals surface area contributed by atoms with E-state index >= 15 is 0 Å². The summed E-state index contributed by atoms with van der Waals surface area (Å²) in [7, 11) is -3.37. The third kappa shape index (κ3) is 17.7. The first kappa shape index (κ1) is 13.5. The molecule has 1 rings (SSSR count). The van der Waals surface area contributed by atoms with Gasteiger partial charge in [0, 0.05) is 0 Å². The molecule has 0 aromatic heterocycles. The predicted molar refractivity (Wildman–Crippen MR) is 32.9 cm³/mol. The third-order valence-corrected chi connectivity index (χ3v) is 0.607. The van der Waals surface area contributed by atoms with E-state index in [0.717, 1.165) is 0 Å². The topological polar surface area (TPSA) is 63.2 Å². The Balaban J connectivity index is 0. The van der Waals surface area contributed by atoms with Crippen molar-refractivity contribution in [1.29, 1.82) is 0 Å². The Labute approximate surface area is 78.8 Å². The molecule has 0 aliphatic carbocycles. The van der Waals surface area contributed by atoms with E-state index in [-0.39, 0.29) is 19.5 Å². The van der Waals surface area contributed by atoms with Crippen LogP contribution in [0.5, 0.6) is 0 Å². The first-order valence-corrected chi connectivity index (χ1v) is 3.55. The molecule has 0 amide bonds. The Morgan fingerprint density at radius 2 is 1.45 bits per heavy atom. The van der Waals surface area contributed by atoms with Crippen LogP contribution in [0.15, 0.2) is 30.3 Å². The van der Waals surface area contributed by atoms with Crippen LogP contribution in [0, 0.1) is 6.07 Å². The van der Waals surface area contributed by atoms with Crippen LogP contribution in [0.2, 0.25) is 0 Å². The first-order chi connectivity index (χ1) is 4.73. The number of rotatable bonds is 0. The van der Waals surface area contributed by atoms with Crippen molar-refractivity contribution in [1.82, 2.24) is 0 Å². The average molecular weight is 221 g/mol. The minimum Gasteiger partial charge on any atom is -0.598 e. The van der Waals surface area contributed by atoms with Crippen molar-refractivity contribution in [2.24, 2.45) is 0 Å². The van der Waals surface area contributed by atoms with Gasteiger partial charge >= 0.3 is 19.5 Å². The molecular weight excluding hydrogens is 216 g/mol. The summed E-state index contributed by atoms with van der Waals surface area (Å²) in [4.78, 5) is 17.0. The van der Waals surface area contributed by atoms with E-state index in [2.05, 4.69) is 6.07 Å². The molecule has 0 fully saturated rings. The molecule has 0 atom stereocenters. The summed E-state index contributed by atoms with van der Waals surface area (Å²) in [6, 6.07) is 12.5. The monoisotopic (exact) mass is 220 g/mol. The van der Waals surface area contributed by atoms with Crippen LogP contribution in [0.25, 0.3) is 0 Å². The van der Waals surface area contributed by atoms with Crippen LogP contribution in [0.1, 0.15) is 0 Å². The second-order valence-electron chi connectivity index (χ2n) is 1.30. The van der Waals surface area contributed by atoms with Gasteiger partial charge < -0.3 is 9.79 Å². The minimum absolute atomic E-state index is 0. The maximum atomic E-state index is 8.48. The van der Waals surface area contributed by atoms with E-state index in [4.69, 9.17) is 14.4 Å². The molecule has 1 aromatic rings. The molecule has 3 nitrogen and oxygen atoms in total. The Hall–Kier alpha value is -0.137. The smallest absolute Gasteiger partial charge is 0.598 e. The van der Waals surface area contributed by atoms with Crippen molar-refractivity contribution in [3.63, 3.8) is 0 Å². The second kappa shape index (κ2) is 9.86. The maximum Gasteiger partial charge on any atom is 2.00 e. The zero-order valence-electron chi connectivity index (χ0n) is 5.77. The second-order valence-corrected chi connectivity index (χ2v) is 1.75. The van der Waals surface area contributed by atoms with E-state index in [1.54, 1.807) is 0 Å². The van der Waals surface area contributed by atoms with Crippen molar-refractivity contribution in [3.05, 3.63) is 36.4 Å². The summed E-state index contributed by atoms with van der Waals surface area (Å²) in [6.45, 7) is 0. The van der Waals surface area contributed by atoms with Gasteiger partial charge in [0.1, 0.15) is 0 Å². The summed E-state index contributed by atoms with van der Waals surface area (Å²) >= 11 is 0. The Kier molecular flexibility index (Phi) is 12.1. The molecule has 0 heterocycles. The number of benzene rings is 1. The van der Waals surface area contributed by atoms with Gasteiger partial charge in [-0.2, -0.15) is 36.4 Å². The van der Waals surface area contributed by atoms with E-state index < -0.39 is 8.25 Å². The summed E-state index contributed by atoms with van der Waals surface area (Å²) in [6.07, 6.45) is 0. The standard InChI is InChI=1S/C6H5.HO3P.Zn/c1-2-4-6-5-3-1;1-4(2)3;/h1-5H;(H,1,2,3);/q-1;;+2/p-1. The summed E-state index contributed by atoms with van der Waals surface area (Å²) in [5, 5.41) is 0. The normalized spacial score (nSPS) is 6.73. The van der Waals surface area contributed by atoms with Crippen molar-refractivity contribution < 1.29 is 33.8 Å². The maximum absolute atomic E-state index is 8.48. The molecule has 0 radical (unpaired) electrons. The fourth-order valence-electron chi connectivity index (χ4n) is 0.342. The van der Waals surface area contributed by atoms with Gasteiger partial charge in [0.15, 0.2) is 0 Å². The minimum atomic E-state index is -3.37. The Morgan fingerprint density at radius 3 is 1.55 bits per heavy atom. The molecule has 54 valence electrons. The SMILES string of the molecule is O=[P+]([O-])[O-].[Zn+2].[c-]1ccccc1. The first-order valence-electron chi connectivity index (χ1n) is 2.46. The third-order valence-electron chi connectivity index (χ3n) is 0.607. The van der Waals surface area contributed by atoms with Crippen molar-refractivity contribution in [2.45, 2.75) is 0 Å². The van der Waals surface area contributed by atoms with Gasteiger partial charge in [-0.15, -0.1) is 0 Å². The van der Waals surface area contributed by atoms with Gasteiger partial charge in [0.05, 0.1) is 0 Å². The molecule has 0 aliphatic heterocycles. The largest absolute Gasteiger partial charge is 2.00 e. The van der Waals surface area contributed by atoms with Crippen molar-refractivity contribution >= 4 is 8.25 Å². The molecular formula is C6H5O3PZn. The molecule has 11 heavy (non-hydrogen) atoms. The zero-order chi connectivity index (χ0) is 7.82. The molecule has 1 aromatic carbocycles. The molecule has 0 aliphatic rings. The van der Waals surface area contributed by atoms with Crippen LogP contribution in [-0.2, 0) is 24.0 Å². The summed E-state index contributed by atoms with van der Waals surface area (Å²) in [5.41, 5.74) is 0. The fraction of sp³-hybridized carbons (Fsp3) is 0. The van der Waals surface area contributed by atoms with Crippen LogP contribution in [0.3, 0.4) is 0 Å². The van der Waals surface area contributed by atoms with Gasteiger partial charge in [0.2, 0.25) is 0 Å². The molecule has 0 saturated carbocycles. The van der Waals surface area contributed by atoms with E-state index in [0.29, 0.717) is 0 Å². The Morgan fingerprint density at radius 1 is 1.09 bits per heavy atom. The molecule has 0 spiro atoms. The van der Waals surface area contributed by atoms with Crippen molar-refractivity contribution in [2.75, 3.05) is 0 Å². The van der Waals surface area contributed by atoms with Crippen LogP contribution in [-0.4, -0.2) is 0 Å². The fourth-order valence-corrected chi connectivity index (χ4v) is 0.342. The molecule has 0 bridgehead atoms. The van der Waals surface area contributed by atoms with Gasteiger partial charge in [0.25, 0.3) is 8.25 Å². The van der Waals surface area contributed by atoms with Gasteiger partial charge in [-0.05, 0) is 0 Å². The Bertz CT molecular complexity index is 150. The summed E-state index contributed by atoms with van der Waals surface area (Å²) in [5.74, 6) is 0. The molecule has 0 N–H and O–H groups in total. The van der Waals surface area contributed by atoms with Crippen LogP contribution in [0.4, 0.5) is 0 Å². The van der Waals surface area contributed by atoms with Gasteiger partial charge in [-0.3, -0.25) is 0 Å². The number of hydrogen-bond donors (Lipinski definition) is 0.